The van der Waals surface area contributed by atoms with E-state index in [4.69, 9.17) is 38.9 Å². The Morgan fingerprint density at radius 2 is 1.49 bits per heavy atom. The summed E-state index contributed by atoms with van der Waals surface area (Å²) in [4.78, 5) is 9.99. The van der Waals surface area contributed by atoms with Gasteiger partial charge in [-0.2, -0.15) is 0 Å². The maximum absolute atomic E-state index is 6.22. The first-order valence-electron chi connectivity index (χ1n) is 13.0. The van der Waals surface area contributed by atoms with E-state index < -0.39 is 0 Å². The Morgan fingerprint density at radius 1 is 0.795 bits per heavy atom. The lowest BCUT2D eigenvalue weighted by Crippen LogP contribution is -2.31. The number of hydrogen-bond acceptors (Lipinski definition) is 6. The number of nitrogens with one attached hydrogen (secondary N) is 3. The second-order valence-electron chi connectivity index (χ2n) is 9.07. The lowest BCUT2D eigenvalue weighted by Gasteiger charge is -2.20. The van der Waals surface area contributed by atoms with E-state index in [1.807, 2.05) is 66.7 Å². The number of hydrogen-bond donors (Lipinski definition) is 4. The summed E-state index contributed by atoms with van der Waals surface area (Å²) >= 11 is 12.3. The zero-order chi connectivity index (χ0) is 27.0. The van der Waals surface area contributed by atoms with Crippen LogP contribution in [0.25, 0.3) is 28.1 Å². The number of nitrogens with two attached hydrogens (primary N) is 1. The van der Waals surface area contributed by atoms with Gasteiger partial charge in [0.05, 0.1) is 40.0 Å². The lowest BCUT2D eigenvalue weighted by molar-refractivity contribution is 0.617. The Bertz CT molecular complexity index is 1560. The van der Waals surface area contributed by atoms with Gasteiger partial charge in [0.2, 0.25) is 0 Å². The molecule has 1 aliphatic carbocycles. The maximum atomic E-state index is 6.22. The number of benzene rings is 4. The molecule has 1 heterocycles. The van der Waals surface area contributed by atoms with Crippen LogP contribution in [0.15, 0.2) is 89.9 Å². The molecule has 0 amide bonds. The van der Waals surface area contributed by atoms with Crippen molar-refractivity contribution in [1.82, 2.24) is 20.2 Å². The fourth-order valence-electron chi connectivity index (χ4n) is 4.41. The average molecular weight is 561 g/mol. The molecule has 0 bridgehead atoms. The van der Waals surface area contributed by atoms with Gasteiger partial charge in [0.15, 0.2) is 0 Å². The van der Waals surface area contributed by atoms with Crippen LogP contribution in [-0.2, 0) is 0 Å². The third kappa shape index (κ3) is 6.76. The number of anilines is 2. The average Bonchev–Trinajstić information content (AvgIpc) is 2.95. The molecule has 2 aliphatic rings. The maximum Gasteiger partial charge on any atom is 0.0900 e. The molecule has 0 atom stereocenters. The van der Waals surface area contributed by atoms with Gasteiger partial charge in [0, 0.05) is 54.1 Å². The van der Waals surface area contributed by atoms with E-state index in [1.54, 1.807) is 0 Å². The highest BCUT2D eigenvalue weighted by molar-refractivity contribution is 6.30. The highest BCUT2D eigenvalue weighted by Gasteiger charge is 2.16. The third-order valence-corrected chi connectivity index (χ3v) is 6.78. The minimum atomic E-state index is 0.625. The molecule has 7 nitrogen and oxygen atoms in total. The zero-order valence-corrected chi connectivity index (χ0v) is 23.0. The van der Waals surface area contributed by atoms with Gasteiger partial charge < -0.3 is 26.3 Å². The van der Waals surface area contributed by atoms with Crippen molar-refractivity contribution in [2.75, 3.05) is 44.6 Å². The molecule has 9 heteroatoms. The summed E-state index contributed by atoms with van der Waals surface area (Å²) in [6, 6.07) is 27.8. The predicted molar refractivity (Wildman–Crippen MR) is 163 cm³/mol. The van der Waals surface area contributed by atoms with Crippen LogP contribution in [0, 0.1) is 0 Å². The van der Waals surface area contributed by atoms with Crippen LogP contribution in [0.5, 0.6) is 0 Å². The summed E-state index contributed by atoms with van der Waals surface area (Å²) in [5, 5.41) is 12.5. The summed E-state index contributed by atoms with van der Waals surface area (Å²) in [5.41, 5.74) is 12.0. The minimum absolute atomic E-state index is 0.625. The van der Waals surface area contributed by atoms with Crippen molar-refractivity contribution in [1.29, 1.82) is 0 Å². The largest absolute Gasteiger partial charge is 0.354 e. The van der Waals surface area contributed by atoms with Crippen LogP contribution in [0.1, 0.15) is 0 Å². The normalized spacial score (nSPS) is 11.9. The van der Waals surface area contributed by atoms with Crippen molar-refractivity contribution in [2.24, 2.45) is 10.7 Å². The first-order valence-corrected chi connectivity index (χ1v) is 13.7. The van der Waals surface area contributed by atoms with E-state index in [1.165, 1.54) is 0 Å². The van der Waals surface area contributed by atoms with Crippen molar-refractivity contribution >= 4 is 45.6 Å². The molecule has 5 rings (SSSR count). The van der Waals surface area contributed by atoms with Crippen molar-refractivity contribution in [3.05, 3.63) is 100 Å². The summed E-state index contributed by atoms with van der Waals surface area (Å²) in [6.07, 6.45) is 0. The van der Waals surface area contributed by atoms with Crippen LogP contribution >= 0.6 is 23.2 Å². The third-order valence-electron chi connectivity index (χ3n) is 6.28. The smallest absolute Gasteiger partial charge is 0.0900 e. The van der Waals surface area contributed by atoms with Gasteiger partial charge in [-0.25, -0.2) is 4.98 Å². The fraction of sp³-hybridized carbons (Fsp3) is 0.200. The van der Waals surface area contributed by atoms with Gasteiger partial charge in [0.25, 0.3) is 0 Å². The van der Waals surface area contributed by atoms with Gasteiger partial charge >= 0.3 is 0 Å². The number of fused-ring (bicyclic) bond motifs is 2. The lowest BCUT2D eigenvalue weighted by atomic mass is 10.1. The van der Waals surface area contributed by atoms with Crippen molar-refractivity contribution < 1.29 is 0 Å². The van der Waals surface area contributed by atoms with Crippen LogP contribution in [0.3, 0.4) is 0 Å². The number of aromatic nitrogens is 2. The molecule has 3 aromatic carbocycles. The van der Waals surface area contributed by atoms with Crippen LogP contribution < -0.4 is 27.0 Å². The van der Waals surface area contributed by atoms with Crippen LogP contribution in [0.2, 0.25) is 10.0 Å². The molecule has 0 spiro atoms. The summed E-state index contributed by atoms with van der Waals surface area (Å²) in [7, 11) is 0. The zero-order valence-electron chi connectivity index (χ0n) is 21.5. The molecule has 0 aromatic heterocycles. The fourth-order valence-corrected chi connectivity index (χ4v) is 4.67. The molecule has 39 heavy (non-hydrogen) atoms. The van der Waals surface area contributed by atoms with E-state index in [2.05, 4.69) is 38.7 Å². The van der Waals surface area contributed by atoms with Gasteiger partial charge in [-0.05, 0) is 72.8 Å². The van der Waals surface area contributed by atoms with Crippen molar-refractivity contribution in [3.8, 4) is 17.1 Å². The molecule has 0 fully saturated rings. The first kappa shape index (κ1) is 27.1. The van der Waals surface area contributed by atoms with E-state index in [-0.39, 0.29) is 0 Å². The molecule has 0 unspecified atom stereocenters. The van der Waals surface area contributed by atoms with E-state index >= 15 is 0 Å². The van der Waals surface area contributed by atoms with Crippen LogP contribution in [0.4, 0.5) is 11.4 Å². The van der Waals surface area contributed by atoms with Crippen molar-refractivity contribution in [3.63, 3.8) is 0 Å². The molecule has 0 radical (unpaired) electrons. The highest BCUT2D eigenvalue weighted by atomic mass is 35.5. The number of halogens is 2. The van der Waals surface area contributed by atoms with Gasteiger partial charge in [-0.3, -0.25) is 4.99 Å². The summed E-state index contributed by atoms with van der Waals surface area (Å²) in [5.74, 6) is 0. The minimum Gasteiger partial charge on any atom is -0.354 e. The molecule has 1 aliphatic heterocycles. The number of rotatable bonds is 11. The second kappa shape index (κ2) is 13.1. The van der Waals surface area contributed by atoms with Crippen LogP contribution in [-0.4, -0.2) is 48.8 Å². The molecule has 0 saturated heterocycles. The topological polar surface area (TPSA) is 92.3 Å². The number of para-hydroxylation sites is 2. The second-order valence-corrected chi connectivity index (χ2v) is 9.95. The molecule has 200 valence electrons. The predicted octanol–water partition coefficient (Wildman–Crippen LogP) is 5.22. The molecule has 3 aromatic rings. The standard InChI is InChI=1S/C30H31Cl2N7/c31-21-5-9-23(10-6-21)37-27-19-28-30(20-26(27)36-18-17-35-16-15-34-14-13-33)39(24-11-7-22(32)8-12-24)29-4-2-1-3-25(29)38-28/h1-12,19-20,34-35,37H,13-18,33H2/b36-26-. The Labute approximate surface area is 238 Å². The summed E-state index contributed by atoms with van der Waals surface area (Å²) < 4.78 is 2.21. The van der Waals surface area contributed by atoms with E-state index in [9.17, 15) is 0 Å². The molecule has 0 saturated carbocycles. The quantitative estimate of drug-likeness (QED) is 0.131. The van der Waals surface area contributed by atoms with Crippen molar-refractivity contribution in [2.45, 2.75) is 0 Å². The number of nitrogens with zero attached hydrogens (tertiary/aromatic N) is 3. The highest BCUT2D eigenvalue weighted by Crippen LogP contribution is 2.31. The Hall–Kier alpha value is -3.46. The Balaban J connectivity index is 1.58. The Morgan fingerprint density at radius 3 is 2.23 bits per heavy atom. The van der Waals surface area contributed by atoms with Gasteiger partial charge in [-0.1, -0.05) is 35.3 Å². The molecular formula is C30H31Cl2N7. The van der Waals surface area contributed by atoms with E-state index in [0.29, 0.717) is 23.1 Å². The monoisotopic (exact) mass is 559 g/mol. The van der Waals surface area contributed by atoms with Gasteiger partial charge in [0.1, 0.15) is 0 Å². The summed E-state index contributed by atoms with van der Waals surface area (Å²) in [6.45, 7) is 4.57. The SMILES string of the molecule is NCCNCCNCC/N=c1/cc2n(-c3ccc(Cl)cc3)c3ccccc3nc-2cc1Nc1ccc(Cl)cc1. The molecular weight excluding hydrogens is 529 g/mol. The van der Waals surface area contributed by atoms with E-state index in [0.717, 1.165) is 71.0 Å². The van der Waals surface area contributed by atoms with Gasteiger partial charge in [-0.15, -0.1) is 0 Å². The molecule has 5 N–H and O–H groups in total. The Kier molecular flexibility index (Phi) is 9.08. The first-order chi connectivity index (χ1) is 19.1.